The standard InChI is InChI=1S/C17H22N2O2S/c1-2-15(20)10-19(9-13-6-4-3-5-7-13)11-16-8-14(12-22-16)17(18)21/h3-8,12,15,20H,2,9-11H2,1H3,(H2,18,21). The Morgan fingerprint density at radius 3 is 2.64 bits per heavy atom. The SMILES string of the molecule is CCC(O)CN(Cc1ccccc1)Cc1cc(C(N)=O)cs1. The zero-order valence-corrected chi connectivity index (χ0v) is 13.6. The van der Waals surface area contributed by atoms with Crippen LogP contribution in [-0.4, -0.2) is 28.6 Å². The van der Waals surface area contributed by atoms with Crippen molar-refractivity contribution in [3.8, 4) is 0 Å². The van der Waals surface area contributed by atoms with Crippen molar-refractivity contribution in [2.45, 2.75) is 32.5 Å². The van der Waals surface area contributed by atoms with Gasteiger partial charge < -0.3 is 10.8 Å². The minimum atomic E-state index is -0.397. The molecule has 0 radical (unpaired) electrons. The van der Waals surface area contributed by atoms with Gasteiger partial charge in [-0.2, -0.15) is 0 Å². The van der Waals surface area contributed by atoms with Gasteiger partial charge in [-0.3, -0.25) is 9.69 Å². The minimum Gasteiger partial charge on any atom is -0.392 e. The number of amides is 1. The van der Waals surface area contributed by atoms with Crippen LogP contribution in [0.2, 0.25) is 0 Å². The number of aliphatic hydroxyl groups is 1. The predicted octanol–water partition coefficient (Wildman–Crippen LogP) is 2.62. The molecule has 3 N–H and O–H groups in total. The van der Waals surface area contributed by atoms with Gasteiger partial charge in [0.05, 0.1) is 11.7 Å². The average molecular weight is 318 g/mol. The fourth-order valence-electron chi connectivity index (χ4n) is 2.27. The molecule has 1 amide bonds. The number of rotatable bonds is 8. The van der Waals surface area contributed by atoms with Crippen LogP contribution in [-0.2, 0) is 13.1 Å². The van der Waals surface area contributed by atoms with Crippen molar-refractivity contribution >= 4 is 17.2 Å². The molecule has 2 aromatic rings. The van der Waals surface area contributed by atoms with Gasteiger partial charge in [-0.1, -0.05) is 37.3 Å². The van der Waals surface area contributed by atoms with Crippen molar-refractivity contribution in [3.05, 3.63) is 57.8 Å². The van der Waals surface area contributed by atoms with Crippen LogP contribution in [0.3, 0.4) is 0 Å². The first kappa shape index (κ1) is 16.7. The van der Waals surface area contributed by atoms with Crippen LogP contribution < -0.4 is 5.73 Å². The van der Waals surface area contributed by atoms with Gasteiger partial charge in [-0.15, -0.1) is 11.3 Å². The van der Waals surface area contributed by atoms with Crippen molar-refractivity contribution in [3.63, 3.8) is 0 Å². The molecule has 0 aliphatic carbocycles. The van der Waals surface area contributed by atoms with E-state index in [-0.39, 0.29) is 6.10 Å². The van der Waals surface area contributed by atoms with Crippen LogP contribution in [0.5, 0.6) is 0 Å². The van der Waals surface area contributed by atoms with E-state index in [9.17, 15) is 9.90 Å². The zero-order valence-electron chi connectivity index (χ0n) is 12.7. The number of aliphatic hydroxyl groups excluding tert-OH is 1. The van der Waals surface area contributed by atoms with Crippen LogP contribution in [0.4, 0.5) is 0 Å². The van der Waals surface area contributed by atoms with Gasteiger partial charge in [0.25, 0.3) is 0 Å². The number of hydrogen-bond donors (Lipinski definition) is 2. The number of hydrogen-bond acceptors (Lipinski definition) is 4. The summed E-state index contributed by atoms with van der Waals surface area (Å²) in [7, 11) is 0. The first-order valence-electron chi connectivity index (χ1n) is 7.40. The molecular weight excluding hydrogens is 296 g/mol. The van der Waals surface area contributed by atoms with Crippen molar-refractivity contribution in [2.24, 2.45) is 5.73 Å². The minimum absolute atomic E-state index is 0.348. The number of thiophene rings is 1. The molecule has 0 saturated heterocycles. The second kappa shape index (κ2) is 8.08. The van der Waals surface area contributed by atoms with Crippen molar-refractivity contribution in [1.82, 2.24) is 4.90 Å². The Hall–Kier alpha value is -1.69. The van der Waals surface area contributed by atoms with E-state index in [1.54, 1.807) is 5.38 Å². The Kier molecular flexibility index (Phi) is 6.12. The number of carbonyl (C=O) groups is 1. The van der Waals surface area contributed by atoms with Crippen LogP contribution >= 0.6 is 11.3 Å². The number of nitrogens with zero attached hydrogens (tertiary/aromatic N) is 1. The molecule has 1 aromatic carbocycles. The molecule has 0 fully saturated rings. The summed E-state index contributed by atoms with van der Waals surface area (Å²) in [5.41, 5.74) is 7.06. The molecule has 0 saturated carbocycles. The molecule has 1 heterocycles. The van der Waals surface area contributed by atoms with Gasteiger partial charge in [0.1, 0.15) is 0 Å². The third-order valence-electron chi connectivity index (χ3n) is 3.51. The summed E-state index contributed by atoms with van der Waals surface area (Å²) in [6.07, 6.45) is 0.377. The highest BCUT2D eigenvalue weighted by Crippen LogP contribution is 2.18. The van der Waals surface area contributed by atoms with Gasteiger partial charge in [0.2, 0.25) is 5.91 Å². The lowest BCUT2D eigenvalue weighted by Crippen LogP contribution is -2.31. The largest absolute Gasteiger partial charge is 0.392 e. The first-order valence-corrected chi connectivity index (χ1v) is 8.28. The van der Waals surface area contributed by atoms with Crippen molar-refractivity contribution in [2.75, 3.05) is 6.54 Å². The molecule has 0 spiro atoms. The van der Waals surface area contributed by atoms with Crippen LogP contribution in [0.1, 0.15) is 34.1 Å². The molecular formula is C17H22N2O2S. The van der Waals surface area contributed by atoms with E-state index in [0.29, 0.717) is 18.7 Å². The summed E-state index contributed by atoms with van der Waals surface area (Å²) in [5, 5.41) is 11.8. The Morgan fingerprint density at radius 2 is 2.05 bits per heavy atom. The summed E-state index contributed by atoms with van der Waals surface area (Å²) in [5.74, 6) is -0.397. The molecule has 0 aliphatic heterocycles. The van der Waals surface area contributed by atoms with Gasteiger partial charge >= 0.3 is 0 Å². The Balaban J connectivity index is 2.07. The van der Waals surface area contributed by atoms with E-state index < -0.39 is 5.91 Å². The van der Waals surface area contributed by atoms with E-state index in [4.69, 9.17) is 5.73 Å². The number of carbonyl (C=O) groups excluding carboxylic acids is 1. The molecule has 4 nitrogen and oxygen atoms in total. The van der Waals surface area contributed by atoms with Gasteiger partial charge in [-0.05, 0) is 18.1 Å². The summed E-state index contributed by atoms with van der Waals surface area (Å²) < 4.78 is 0. The predicted molar refractivity (Wildman–Crippen MR) is 89.7 cm³/mol. The Labute approximate surface area is 135 Å². The third kappa shape index (κ3) is 4.94. The smallest absolute Gasteiger partial charge is 0.249 e. The average Bonchev–Trinajstić information content (AvgIpc) is 2.97. The topological polar surface area (TPSA) is 66.6 Å². The summed E-state index contributed by atoms with van der Waals surface area (Å²) in [4.78, 5) is 14.5. The highest BCUT2D eigenvalue weighted by molar-refractivity contribution is 7.10. The van der Waals surface area contributed by atoms with Gasteiger partial charge in [0.15, 0.2) is 0 Å². The Bertz CT molecular complexity index is 598. The van der Waals surface area contributed by atoms with Crippen LogP contribution in [0.15, 0.2) is 41.8 Å². The lowest BCUT2D eigenvalue weighted by molar-refractivity contribution is 0.0995. The van der Waals surface area contributed by atoms with E-state index in [2.05, 4.69) is 17.0 Å². The highest BCUT2D eigenvalue weighted by Gasteiger charge is 2.14. The molecule has 118 valence electrons. The molecule has 2 rings (SSSR count). The molecule has 5 heteroatoms. The molecule has 22 heavy (non-hydrogen) atoms. The normalized spacial score (nSPS) is 12.5. The van der Waals surface area contributed by atoms with E-state index in [1.807, 2.05) is 31.2 Å². The van der Waals surface area contributed by atoms with E-state index in [0.717, 1.165) is 17.8 Å². The second-order valence-electron chi connectivity index (χ2n) is 5.38. The van der Waals surface area contributed by atoms with Gasteiger partial charge in [-0.25, -0.2) is 0 Å². The molecule has 1 atom stereocenters. The van der Waals surface area contributed by atoms with Crippen LogP contribution in [0, 0.1) is 0 Å². The first-order chi connectivity index (χ1) is 10.6. The maximum Gasteiger partial charge on any atom is 0.249 e. The number of nitrogens with two attached hydrogens (primary N) is 1. The highest BCUT2D eigenvalue weighted by atomic mass is 32.1. The zero-order chi connectivity index (χ0) is 15.9. The maximum absolute atomic E-state index is 11.2. The fourth-order valence-corrected chi connectivity index (χ4v) is 3.18. The number of primary amides is 1. The van der Waals surface area contributed by atoms with Crippen molar-refractivity contribution < 1.29 is 9.90 Å². The molecule has 1 aromatic heterocycles. The molecule has 0 bridgehead atoms. The maximum atomic E-state index is 11.2. The van der Waals surface area contributed by atoms with E-state index >= 15 is 0 Å². The third-order valence-corrected chi connectivity index (χ3v) is 4.43. The summed E-state index contributed by atoms with van der Waals surface area (Å²) in [6, 6.07) is 12.0. The lowest BCUT2D eigenvalue weighted by Gasteiger charge is -2.24. The van der Waals surface area contributed by atoms with Crippen molar-refractivity contribution in [1.29, 1.82) is 0 Å². The van der Waals surface area contributed by atoms with Crippen LogP contribution in [0.25, 0.3) is 0 Å². The summed E-state index contributed by atoms with van der Waals surface area (Å²) in [6.45, 7) is 4.04. The molecule has 0 aliphatic rings. The number of benzene rings is 1. The summed E-state index contributed by atoms with van der Waals surface area (Å²) >= 11 is 1.53. The monoisotopic (exact) mass is 318 g/mol. The lowest BCUT2D eigenvalue weighted by atomic mass is 10.2. The molecule has 1 unspecified atom stereocenters. The quantitative estimate of drug-likeness (QED) is 0.786. The second-order valence-corrected chi connectivity index (χ2v) is 6.38. The van der Waals surface area contributed by atoms with Gasteiger partial charge in [0, 0.05) is 29.9 Å². The fraction of sp³-hybridized carbons (Fsp3) is 0.353. The van der Waals surface area contributed by atoms with E-state index in [1.165, 1.54) is 16.9 Å². The Morgan fingerprint density at radius 1 is 1.32 bits per heavy atom.